The first kappa shape index (κ1) is 17.5. The minimum Gasteiger partial charge on any atom is -0.465 e. The van der Waals surface area contributed by atoms with Gasteiger partial charge < -0.3 is 9.64 Å². The van der Waals surface area contributed by atoms with Crippen LogP contribution in [-0.2, 0) is 4.74 Å². The van der Waals surface area contributed by atoms with Gasteiger partial charge in [-0.15, -0.1) is 0 Å². The number of methoxy groups -OCH3 is 1. The van der Waals surface area contributed by atoms with E-state index < -0.39 is 5.97 Å². The molecule has 0 spiro atoms. The third-order valence-electron chi connectivity index (χ3n) is 4.48. The number of carbonyl (C=O) groups excluding carboxylic acids is 2. The standard InChI is InChI=1S/C20H20ClNO3/c1-13(14-6-8-17(21)9-7-14)22(18-10-11-18)19(23)15-4-3-5-16(12-15)20(24)25-2/h3-9,12-13,18H,10-11H2,1-2H3. The topological polar surface area (TPSA) is 46.6 Å². The van der Waals surface area contributed by atoms with Crippen molar-refractivity contribution < 1.29 is 14.3 Å². The summed E-state index contributed by atoms with van der Waals surface area (Å²) in [6, 6.07) is 14.4. The second-order valence-corrected chi connectivity index (χ2v) is 6.68. The van der Waals surface area contributed by atoms with E-state index in [9.17, 15) is 9.59 Å². The molecule has 3 rings (SSSR count). The van der Waals surface area contributed by atoms with Crippen molar-refractivity contribution in [1.29, 1.82) is 0 Å². The quantitative estimate of drug-likeness (QED) is 0.740. The van der Waals surface area contributed by atoms with Gasteiger partial charge in [-0.2, -0.15) is 0 Å². The molecule has 130 valence electrons. The third-order valence-corrected chi connectivity index (χ3v) is 4.73. The maximum Gasteiger partial charge on any atom is 0.337 e. The van der Waals surface area contributed by atoms with E-state index in [0.717, 1.165) is 18.4 Å². The highest BCUT2D eigenvalue weighted by Gasteiger charge is 2.36. The molecule has 1 aliphatic carbocycles. The molecule has 2 aromatic carbocycles. The lowest BCUT2D eigenvalue weighted by Crippen LogP contribution is -2.35. The van der Waals surface area contributed by atoms with E-state index in [1.54, 1.807) is 24.3 Å². The third kappa shape index (κ3) is 3.85. The first-order valence-electron chi connectivity index (χ1n) is 8.27. The van der Waals surface area contributed by atoms with Crippen LogP contribution in [0.1, 0.15) is 52.1 Å². The van der Waals surface area contributed by atoms with Gasteiger partial charge in [0, 0.05) is 16.6 Å². The highest BCUT2D eigenvalue weighted by molar-refractivity contribution is 6.30. The molecule has 0 N–H and O–H groups in total. The zero-order chi connectivity index (χ0) is 18.0. The van der Waals surface area contributed by atoms with Crippen molar-refractivity contribution >= 4 is 23.5 Å². The average Bonchev–Trinajstić information content (AvgIpc) is 3.46. The lowest BCUT2D eigenvalue weighted by Gasteiger charge is -2.30. The molecular weight excluding hydrogens is 338 g/mol. The summed E-state index contributed by atoms with van der Waals surface area (Å²) in [4.78, 5) is 26.8. The second kappa shape index (κ2) is 7.28. The summed E-state index contributed by atoms with van der Waals surface area (Å²) in [7, 11) is 1.33. The molecular formula is C20H20ClNO3. The lowest BCUT2D eigenvalue weighted by atomic mass is 10.0. The predicted octanol–water partition coefficient (Wildman–Crippen LogP) is 4.49. The van der Waals surface area contributed by atoms with Gasteiger partial charge in [0.1, 0.15) is 0 Å². The lowest BCUT2D eigenvalue weighted by molar-refractivity contribution is 0.0600. The SMILES string of the molecule is COC(=O)c1cccc(C(=O)N(C2CC2)C(C)c2ccc(Cl)cc2)c1. The summed E-state index contributed by atoms with van der Waals surface area (Å²) < 4.78 is 4.74. The van der Waals surface area contributed by atoms with Crippen LogP contribution >= 0.6 is 11.6 Å². The van der Waals surface area contributed by atoms with Crippen LogP contribution in [0.2, 0.25) is 5.02 Å². The highest BCUT2D eigenvalue weighted by atomic mass is 35.5. The zero-order valence-electron chi connectivity index (χ0n) is 14.2. The van der Waals surface area contributed by atoms with E-state index in [0.29, 0.717) is 16.1 Å². The molecule has 1 aliphatic rings. The number of rotatable bonds is 5. The predicted molar refractivity (Wildman–Crippen MR) is 96.8 cm³/mol. The summed E-state index contributed by atoms with van der Waals surface area (Å²) in [5.74, 6) is -0.519. The molecule has 1 saturated carbocycles. The van der Waals surface area contributed by atoms with Crippen molar-refractivity contribution in [3.63, 3.8) is 0 Å². The first-order valence-corrected chi connectivity index (χ1v) is 8.65. The summed E-state index contributed by atoms with van der Waals surface area (Å²) in [5.41, 5.74) is 1.91. The molecule has 25 heavy (non-hydrogen) atoms. The largest absolute Gasteiger partial charge is 0.465 e. The Morgan fingerprint density at radius 2 is 1.76 bits per heavy atom. The summed E-state index contributed by atoms with van der Waals surface area (Å²) in [6.07, 6.45) is 2.00. The van der Waals surface area contributed by atoms with Crippen LogP contribution in [0, 0.1) is 0 Å². The average molecular weight is 358 g/mol. The van der Waals surface area contributed by atoms with Crippen LogP contribution < -0.4 is 0 Å². The molecule has 0 aliphatic heterocycles. The molecule has 2 aromatic rings. The Morgan fingerprint density at radius 3 is 2.36 bits per heavy atom. The smallest absolute Gasteiger partial charge is 0.337 e. The van der Waals surface area contributed by atoms with Crippen molar-refractivity contribution in [2.24, 2.45) is 0 Å². The number of ether oxygens (including phenoxy) is 1. The molecule has 1 amide bonds. The van der Waals surface area contributed by atoms with E-state index in [-0.39, 0.29) is 18.0 Å². The molecule has 0 bridgehead atoms. The molecule has 0 radical (unpaired) electrons. The molecule has 4 nitrogen and oxygen atoms in total. The van der Waals surface area contributed by atoms with Gasteiger partial charge in [-0.3, -0.25) is 4.79 Å². The van der Waals surface area contributed by atoms with Crippen LogP contribution in [0.4, 0.5) is 0 Å². The minimum atomic E-state index is -0.446. The highest BCUT2D eigenvalue weighted by Crippen LogP contribution is 2.36. The molecule has 0 aromatic heterocycles. The van der Waals surface area contributed by atoms with Crippen molar-refractivity contribution in [3.8, 4) is 0 Å². The molecule has 0 heterocycles. The maximum atomic E-state index is 13.1. The van der Waals surface area contributed by atoms with Crippen LogP contribution in [0.3, 0.4) is 0 Å². The normalized spacial score (nSPS) is 14.7. The number of esters is 1. The molecule has 0 saturated heterocycles. The number of amides is 1. The van der Waals surface area contributed by atoms with Gasteiger partial charge in [0.15, 0.2) is 0 Å². The van der Waals surface area contributed by atoms with Crippen molar-refractivity contribution in [2.75, 3.05) is 7.11 Å². The summed E-state index contributed by atoms with van der Waals surface area (Å²) in [6.45, 7) is 2.02. The van der Waals surface area contributed by atoms with Crippen molar-refractivity contribution in [2.45, 2.75) is 31.8 Å². The molecule has 5 heteroatoms. The van der Waals surface area contributed by atoms with Gasteiger partial charge in [-0.1, -0.05) is 29.8 Å². The van der Waals surface area contributed by atoms with Crippen LogP contribution in [0.15, 0.2) is 48.5 Å². The van der Waals surface area contributed by atoms with Crippen LogP contribution in [0.5, 0.6) is 0 Å². The van der Waals surface area contributed by atoms with E-state index in [1.807, 2.05) is 36.1 Å². The molecule has 1 fully saturated rings. The van der Waals surface area contributed by atoms with E-state index in [4.69, 9.17) is 16.3 Å². The van der Waals surface area contributed by atoms with Gasteiger partial charge in [-0.25, -0.2) is 4.79 Å². The Morgan fingerprint density at radius 1 is 1.12 bits per heavy atom. The van der Waals surface area contributed by atoms with Gasteiger partial charge in [0.2, 0.25) is 0 Å². The van der Waals surface area contributed by atoms with Gasteiger partial charge in [0.25, 0.3) is 5.91 Å². The summed E-state index contributed by atoms with van der Waals surface area (Å²) in [5, 5.41) is 0.672. The van der Waals surface area contributed by atoms with E-state index in [1.165, 1.54) is 7.11 Å². The number of halogens is 1. The fraction of sp³-hybridized carbons (Fsp3) is 0.300. The second-order valence-electron chi connectivity index (χ2n) is 6.24. The Labute approximate surface area is 152 Å². The van der Waals surface area contributed by atoms with Crippen LogP contribution in [-0.4, -0.2) is 29.9 Å². The van der Waals surface area contributed by atoms with E-state index in [2.05, 4.69) is 0 Å². The number of hydrogen-bond acceptors (Lipinski definition) is 3. The number of benzene rings is 2. The van der Waals surface area contributed by atoms with Crippen LogP contribution in [0.25, 0.3) is 0 Å². The Hall–Kier alpha value is -2.33. The number of hydrogen-bond donors (Lipinski definition) is 0. The number of carbonyl (C=O) groups is 2. The fourth-order valence-corrected chi connectivity index (χ4v) is 3.08. The van der Waals surface area contributed by atoms with Gasteiger partial charge >= 0.3 is 5.97 Å². The number of nitrogens with zero attached hydrogens (tertiary/aromatic N) is 1. The Bertz CT molecular complexity index is 784. The zero-order valence-corrected chi connectivity index (χ0v) is 15.0. The Kier molecular flexibility index (Phi) is 5.09. The maximum absolute atomic E-state index is 13.1. The molecule has 1 atom stereocenters. The summed E-state index contributed by atoms with van der Waals surface area (Å²) >= 11 is 5.97. The van der Waals surface area contributed by atoms with Gasteiger partial charge in [-0.05, 0) is 55.7 Å². The fourth-order valence-electron chi connectivity index (χ4n) is 2.96. The minimum absolute atomic E-state index is 0.0703. The van der Waals surface area contributed by atoms with Gasteiger partial charge in [0.05, 0.1) is 18.7 Å². The Balaban J connectivity index is 1.89. The van der Waals surface area contributed by atoms with Crippen molar-refractivity contribution in [1.82, 2.24) is 4.90 Å². The van der Waals surface area contributed by atoms with E-state index >= 15 is 0 Å². The monoisotopic (exact) mass is 357 g/mol. The molecule has 1 unspecified atom stereocenters. The first-order chi connectivity index (χ1) is 12.0. The van der Waals surface area contributed by atoms with Crippen molar-refractivity contribution in [3.05, 3.63) is 70.2 Å².